The van der Waals surface area contributed by atoms with Crippen molar-refractivity contribution in [2.45, 2.75) is 19.4 Å². The van der Waals surface area contributed by atoms with Gasteiger partial charge in [-0.1, -0.05) is 17.7 Å². The predicted octanol–water partition coefficient (Wildman–Crippen LogP) is 1.27. The summed E-state index contributed by atoms with van der Waals surface area (Å²) in [5.41, 5.74) is 0.189. The van der Waals surface area contributed by atoms with Crippen LogP contribution in [-0.2, 0) is 6.54 Å². The summed E-state index contributed by atoms with van der Waals surface area (Å²) in [6.07, 6.45) is 4.62. The second kappa shape index (κ2) is 7.09. The van der Waals surface area contributed by atoms with Crippen molar-refractivity contribution in [2.24, 2.45) is 0 Å². The minimum Gasteiger partial charge on any atom is -0.396 e. The molecule has 5 nitrogen and oxygen atoms in total. The first-order chi connectivity index (χ1) is 8.20. The van der Waals surface area contributed by atoms with Gasteiger partial charge in [0, 0.05) is 13.2 Å². The molecule has 1 aromatic rings. The number of nitrogens with zero attached hydrogens (tertiary/aromatic N) is 2. The standard InChI is InChI=1S/C11H16ClN3O2/c1-2-6-15-11(17)10(12)9(8-14-15)13-5-3-4-7-16/h2,8,13,16H,1,3-7H2. The van der Waals surface area contributed by atoms with Crippen molar-refractivity contribution < 1.29 is 5.11 Å². The van der Waals surface area contributed by atoms with Gasteiger partial charge in [0.1, 0.15) is 5.02 Å². The third-order valence-corrected chi connectivity index (χ3v) is 2.55. The number of aliphatic hydroxyl groups excluding tert-OH is 1. The Kier molecular flexibility index (Phi) is 5.72. The largest absolute Gasteiger partial charge is 0.396 e. The van der Waals surface area contributed by atoms with E-state index in [9.17, 15) is 4.79 Å². The zero-order valence-electron chi connectivity index (χ0n) is 9.53. The molecule has 0 spiro atoms. The lowest BCUT2D eigenvalue weighted by molar-refractivity contribution is 0.286. The molecule has 6 heteroatoms. The Morgan fingerprint density at radius 2 is 2.35 bits per heavy atom. The van der Waals surface area contributed by atoms with Crippen LogP contribution in [0.15, 0.2) is 23.6 Å². The van der Waals surface area contributed by atoms with Gasteiger partial charge in [-0.15, -0.1) is 6.58 Å². The van der Waals surface area contributed by atoms with Gasteiger partial charge in [-0.05, 0) is 12.8 Å². The van der Waals surface area contributed by atoms with Crippen LogP contribution in [-0.4, -0.2) is 28.0 Å². The molecule has 1 aromatic heterocycles. The fourth-order valence-corrected chi connectivity index (χ4v) is 1.51. The second-order valence-corrected chi connectivity index (χ2v) is 3.88. The molecule has 2 N–H and O–H groups in total. The van der Waals surface area contributed by atoms with Gasteiger partial charge in [-0.2, -0.15) is 5.10 Å². The monoisotopic (exact) mass is 257 g/mol. The van der Waals surface area contributed by atoms with Crippen molar-refractivity contribution in [3.05, 3.63) is 34.2 Å². The number of hydrogen-bond donors (Lipinski definition) is 2. The van der Waals surface area contributed by atoms with Gasteiger partial charge in [0.15, 0.2) is 0 Å². The lowest BCUT2D eigenvalue weighted by Crippen LogP contribution is -2.23. The number of hydrogen-bond acceptors (Lipinski definition) is 4. The Labute approximate surface area is 105 Å². The molecular formula is C11H16ClN3O2. The second-order valence-electron chi connectivity index (χ2n) is 3.51. The summed E-state index contributed by atoms with van der Waals surface area (Å²) in [5.74, 6) is 0. The molecule has 0 atom stereocenters. The molecule has 0 fully saturated rings. The van der Waals surface area contributed by atoms with Gasteiger partial charge >= 0.3 is 0 Å². The highest BCUT2D eigenvalue weighted by atomic mass is 35.5. The molecule has 0 unspecified atom stereocenters. The number of allylic oxidation sites excluding steroid dienone is 1. The van der Waals surface area contributed by atoms with Crippen LogP contribution in [0, 0.1) is 0 Å². The van der Waals surface area contributed by atoms with Gasteiger partial charge < -0.3 is 10.4 Å². The topological polar surface area (TPSA) is 67.2 Å². The summed E-state index contributed by atoms with van der Waals surface area (Å²) >= 11 is 5.93. The molecule has 0 amide bonds. The Bertz CT molecular complexity index is 431. The summed E-state index contributed by atoms with van der Waals surface area (Å²) in [6.45, 7) is 4.68. The molecule has 0 bridgehead atoms. The predicted molar refractivity (Wildman–Crippen MR) is 68.5 cm³/mol. The van der Waals surface area contributed by atoms with Gasteiger partial charge in [-0.25, -0.2) is 4.68 Å². The number of aliphatic hydroxyl groups is 1. The Balaban J connectivity index is 2.71. The number of anilines is 1. The zero-order valence-corrected chi connectivity index (χ0v) is 10.3. The van der Waals surface area contributed by atoms with Gasteiger partial charge in [0.05, 0.1) is 18.4 Å². The van der Waals surface area contributed by atoms with E-state index in [0.717, 1.165) is 6.42 Å². The van der Waals surface area contributed by atoms with E-state index >= 15 is 0 Å². The van der Waals surface area contributed by atoms with Gasteiger partial charge in [0.25, 0.3) is 5.56 Å². The SMILES string of the molecule is C=CCn1ncc(NCCCCO)c(Cl)c1=O. The summed E-state index contributed by atoms with van der Waals surface area (Å²) in [7, 11) is 0. The fraction of sp³-hybridized carbons (Fsp3) is 0.455. The lowest BCUT2D eigenvalue weighted by Gasteiger charge is -2.08. The molecule has 0 aromatic carbocycles. The van der Waals surface area contributed by atoms with E-state index in [4.69, 9.17) is 16.7 Å². The van der Waals surface area contributed by atoms with E-state index in [1.54, 1.807) is 6.08 Å². The van der Waals surface area contributed by atoms with Crippen LogP contribution in [0.25, 0.3) is 0 Å². The zero-order chi connectivity index (χ0) is 12.7. The van der Waals surface area contributed by atoms with Crippen LogP contribution in [0.3, 0.4) is 0 Å². The maximum atomic E-state index is 11.7. The number of aromatic nitrogens is 2. The Morgan fingerprint density at radius 1 is 1.59 bits per heavy atom. The fourth-order valence-electron chi connectivity index (χ4n) is 1.30. The van der Waals surface area contributed by atoms with Crippen LogP contribution >= 0.6 is 11.6 Å². The minimum absolute atomic E-state index is 0.130. The van der Waals surface area contributed by atoms with E-state index in [1.807, 2.05) is 0 Å². The molecule has 0 saturated heterocycles. The Morgan fingerprint density at radius 3 is 3.00 bits per heavy atom. The van der Waals surface area contributed by atoms with E-state index in [1.165, 1.54) is 10.9 Å². The maximum Gasteiger partial charge on any atom is 0.287 e. The molecule has 0 aliphatic rings. The summed E-state index contributed by atoms with van der Waals surface area (Å²) < 4.78 is 1.24. The number of unbranched alkanes of at least 4 members (excludes halogenated alkanes) is 1. The van der Waals surface area contributed by atoms with Crippen LogP contribution in [0.4, 0.5) is 5.69 Å². The molecule has 0 radical (unpaired) electrons. The van der Waals surface area contributed by atoms with Gasteiger partial charge in [-0.3, -0.25) is 4.79 Å². The first-order valence-corrected chi connectivity index (χ1v) is 5.79. The summed E-state index contributed by atoms with van der Waals surface area (Å²) in [6, 6.07) is 0. The molecule has 1 heterocycles. The van der Waals surface area contributed by atoms with Crippen LogP contribution in [0.2, 0.25) is 5.02 Å². The normalized spacial score (nSPS) is 10.2. The van der Waals surface area contributed by atoms with E-state index in [-0.39, 0.29) is 17.2 Å². The van der Waals surface area contributed by atoms with Crippen LogP contribution in [0.1, 0.15) is 12.8 Å². The van der Waals surface area contributed by atoms with Crippen molar-refractivity contribution in [1.82, 2.24) is 9.78 Å². The summed E-state index contributed by atoms with van der Waals surface area (Å²) in [4.78, 5) is 11.7. The number of halogens is 1. The van der Waals surface area contributed by atoms with Crippen LogP contribution < -0.4 is 10.9 Å². The molecule has 94 valence electrons. The lowest BCUT2D eigenvalue weighted by atomic mass is 10.3. The van der Waals surface area contributed by atoms with E-state index in [0.29, 0.717) is 25.2 Å². The third kappa shape index (κ3) is 3.87. The smallest absolute Gasteiger partial charge is 0.287 e. The van der Waals surface area contributed by atoms with E-state index in [2.05, 4.69) is 17.0 Å². The minimum atomic E-state index is -0.335. The van der Waals surface area contributed by atoms with Crippen molar-refractivity contribution in [2.75, 3.05) is 18.5 Å². The van der Waals surface area contributed by atoms with Crippen molar-refractivity contribution in [3.8, 4) is 0 Å². The highest BCUT2D eigenvalue weighted by Gasteiger charge is 2.07. The molecule has 1 rings (SSSR count). The molecule has 0 aliphatic heterocycles. The van der Waals surface area contributed by atoms with Crippen molar-refractivity contribution >= 4 is 17.3 Å². The highest BCUT2D eigenvalue weighted by Crippen LogP contribution is 2.15. The average Bonchev–Trinajstić information content (AvgIpc) is 2.33. The molecule has 0 aliphatic carbocycles. The quantitative estimate of drug-likeness (QED) is 0.570. The Hall–Kier alpha value is -1.33. The summed E-state index contributed by atoms with van der Waals surface area (Å²) in [5, 5.41) is 15.7. The molecule has 17 heavy (non-hydrogen) atoms. The van der Waals surface area contributed by atoms with Crippen molar-refractivity contribution in [1.29, 1.82) is 0 Å². The van der Waals surface area contributed by atoms with E-state index < -0.39 is 0 Å². The van der Waals surface area contributed by atoms with Crippen LogP contribution in [0.5, 0.6) is 0 Å². The average molecular weight is 258 g/mol. The molecular weight excluding hydrogens is 242 g/mol. The number of rotatable bonds is 7. The van der Waals surface area contributed by atoms with Crippen molar-refractivity contribution in [3.63, 3.8) is 0 Å². The maximum absolute atomic E-state index is 11.7. The first-order valence-electron chi connectivity index (χ1n) is 5.42. The third-order valence-electron chi connectivity index (χ3n) is 2.19. The first kappa shape index (κ1) is 13.7. The number of nitrogens with one attached hydrogen (secondary N) is 1. The van der Waals surface area contributed by atoms with Gasteiger partial charge in [0.2, 0.25) is 0 Å². The molecule has 0 saturated carbocycles. The highest BCUT2D eigenvalue weighted by molar-refractivity contribution is 6.32.